The SMILES string of the molecule is CCCCCc1conc1COC. The summed E-state index contributed by atoms with van der Waals surface area (Å²) in [7, 11) is 1.67. The zero-order chi connectivity index (χ0) is 9.52. The first-order chi connectivity index (χ1) is 6.38. The van der Waals surface area contributed by atoms with E-state index in [-0.39, 0.29) is 0 Å². The predicted molar refractivity (Wildman–Crippen MR) is 50.4 cm³/mol. The van der Waals surface area contributed by atoms with E-state index in [0.717, 1.165) is 12.1 Å². The van der Waals surface area contributed by atoms with E-state index < -0.39 is 0 Å². The number of methoxy groups -OCH3 is 1. The summed E-state index contributed by atoms with van der Waals surface area (Å²) in [6.45, 7) is 2.75. The molecule has 0 amide bonds. The summed E-state index contributed by atoms with van der Waals surface area (Å²) in [4.78, 5) is 0. The Morgan fingerprint density at radius 1 is 1.46 bits per heavy atom. The average Bonchev–Trinajstić information content (AvgIpc) is 2.54. The second-order valence-electron chi connectivity index (χ2n) is 3.18. The van der Waals surface area contributed by atoms with Crippen molar-refractivity contribution in [3.63, 3.8) is 0 Å². The number of nitrogens with zero attached hydrogens (tertiary/aromatic N) is 1. The van der Waals surface area contributed by atoms with Crippen molar-refractivity contribution in [3.05, 3.63) is 17.5 Å². The van der Waals surface area contributed by atoms with Gasteiger partial charge in [-0.15, -0.1) is 0 Å². The van der Waals surface area contributed by atoms with E-state index >= 15 is 0 Å². The van der Waals surface area contributed by atoms with Gasteiger partial charge in [0.25, 0.3) is 0 Å². The van der Waals surface area contributed by atoms with E-state index in [2.05, 4.69) is 12.1 Å². The van der Waals surface area contributed by atoms with Gasteiger partial charge in [-0.05, 0) is 12.8 Å². The Morgan fingerprint density at radius 3 is 3.00 bits per heavy atom. The quantitative estimate of drug-likeness (QED) is 0.636. The Labute approximate surface area is 79.1 Å². The van der Waals surface area contributed by atoms with Crippen LogP contribution in [-0.2, 0) is 17.8 Å². The molecular weight excluding hydrogens is 166 g/mol. The summed E-state index contributed by atoms with van der Waals surface area (Å²) in [5, 5.41) is 3.88. The lowest BCUT2D eigenvalue weighted by Crippen LogP contribution is -1.93. The standard InChI is InChI=1S/C10H17NO2/c1-3-4-5-6-9-7-13-11-10(9)8-12-2/h7H,3-6,8H2,1-2H3. The summed E-state index contributed by atoms with van der Waals surface area (Å²) in [5.41, 5.74) is 2.13. The van der Waals surface area contributed by atoms with E-state index in [1.807, 2.05) is 0 Å². The van der Waals surface area contributed by atoms with Crippen LogP contribution in [-0.4, -0.2) is 12.3 Å². The van der Waals surface area contributed by atoms with Crippen LogP contribution >= 0.6 is 0 Å². The fraction of sp³-hybridized carbons (Fsp3) is 0.700. The molecule has 0 aliphatic rings. The monoisotopic (exact) mass is 183 g/mol. The summed E-state index contributed by atoms with van der Waals surface area (Å²) in [6, 6.07) is 0. The van der Waals surface area contributed by atoms with Crippen molar-refractivity contribution in [2.45, 2.75) is 39.2 Å². The highest BCUT2D eigenvalue weighted by atomic mass is 16.5. The maximum atomic E-state index is 5.01. The van der Waals surface area contributed by atoms with Gasteiger partial charge in [0, 0.05) is 12.7 Å². The van der Waals surface area contributed by atoms with Crippen molar-refractivity contribution in [1.82, 2.24) is 5.16 Å². The van der Waals surface area contributed by atoms with Crippen LogP contribution in [0.4, 0.5) is 0 Å². The van der Waals surface area contributed by atoms with Gasteiger partial charge in [-0.2, -0.15) is 0 Å². The van der Waals surface area contributed by atoms with Gasteiger partial charge in [0.15, 0.2) is 0 Å². The molecule has 0 bridgehead atoms. The molecule has 0 aliphatic heterocycles. The van der Waals surface area contributed by atoms with E-state index in [4.69, 9.17) is 9.26 Å². The molecule has 3 heteroatoms. The number of aryl methyl sites for hydroxylation is 1. The molecule has 13 heavy (non-hydrogen) atoms. The van der Waals surface area contributed by atoms with Gasteiger partial charge < -0.3 is 9.26 Å². The normalized spacial score (nSPS) is 10.6. The van der Waals surface area contributed by atoms with Crippen LogP contribution in [0, 0.1) is 0 Å². The molecular formula is C10H17NO2. The lowest BCUT2D eigenvalue weighted by molar-refractivity contribution is 0.176. The Bertz CT molecular complexity index is 233. The molecule has 0 unspecified atom stereocenters. The molecule has 0 atom stereocenters. The van der Waals surface area contributed by atoms with Crippen molar-refractivity contribution in [2.75, 3.05) is 7.11 Å². The van der Waals surface area contributed by atoms with Gasteiger partial charge in [-0.25, -0.2) is 0 Å². The van der Waals surface area contributed by atoms with Crippen LogP contribution in [0.3, 0.4) is 0 Å². The van der Waals surface area contributed by atoms with Gasteiger partial charge in [0.2, 0.25) is 0 Å². The maximum Gasteiger partial charge on any atom is 0.127 e. The molecule has 74 valence electrons. The van der Waals surface area contributed by atoms with Gasteiger partial charge in [-0.1, -0.05) is 24.9 Å². The number of aromatic nitrogens is 1. The van der Waals surface area contributed by atoms with Crippen molar-refractivity contribution < 1.29 is 9.26 Å². The molecule has 1 heterocycles. The number of ether oxygens (including phenoxy) is 1. The fourth-order valence-corrected chi connectivity index (χ4v) is 1.30. The first-order valence-corrected chi connectivity index (χ1v) is 4.79. The molecule has 1 aromatic heterocycles. The maximum absolute atomic E-state index is 5.01. The van der Waals surface area contributed by atoms with Crippen LogP contribution in [0.15, 0.2) is 10.8 Å². The third-order valence-corrected chi connectivity index (χ3v) is 2.06. The Balaban J connectivity index is 2.40. The van der Waals surface area contributed by atoms with E-state index in [0.29, 0.717) is 6.61 Å². The second-order valence-corrected chi connectivity index (χ2v) is 3.18. The first kappa shape index (κ1) is 10.3. The van der Waals surface area contributed by atoms with Crippen molar-refractivity contribution in [2.24, 2.45) is 0 Å². The van der Waals surface area contributed by atoms with Gasteiger partial charge in [0.05, 0.1) is 6.61 Å². The van der Waals surface area contributed by atoms with E-state index in [9.17, 15) is 0 Å². The smallest absolute Gasteiger partial charge is 0.127 e. The van der Waals surface area contributed by atoms with Crippen LogP contribution in [0.5, 0.6) is 0 Å². The number of rotatable bonds is 6. The third-order valence-electron chi connectivity index (χ3n) is 2.06. The third kappa shape index (κ3) is 3.19. The van der Waals surface area contributed by atoms with Crippen molar-refractivity contribution >= 4 is 0 Å². The Kier molecular flexibility index (Phi) is 4.54. The first-order valence-electron chi connectivity index (χ1n) is 4.79. The zero-order valence-electron chi connectivity index (χ0n) is 8.38. The molecule has 1 rings (SSSR count). The highest BCUT2D eigenvalue weighted by Gasteiger charge is 2.06. The minimum atomic E-state index is 0.554. The predicted octanol–water partition coefficient (Wildman–Crippen LogP) is 2.55. The van der Waals surface area contributed by atoms with Gasteiger partial charge >= 0.3 is 0 Å². The summed E-state index contributed by atoms with van der Waals surface area (Å²) >= 11 is 0. The van der Waals surface area contributed by atoms with Crippen LogP contribution in [0.2, 0.25) is 0 Å². The minimum Gasteiger partial charge on any atom is -0.378 e. The number of hydrogen-bond acceptors (Lipinski definition) is 3. The molecule has 0 fully saturated rings. The van der Waals surface area contributed by atoms with Crippen LogP contribution in [0.25, 0.3) is 0 Å². The molecule has 0 spiro atoms. The lowest BCUT2D eigenvalue weighted by atomic mass is 10.1. The van der Waals surface area contributed by atoms with Crippen LogP contribution in [0.1, 0.15) is 37.4 Å². The molecule has 0 aromatic carbocycles. The molecule has 0 saturated carbocycles. The van der Waals surface area contributed by atoms with E-state index in [1.54, 1.807) is 13.4 Å². The molecule has 0 radical (unpaired) electrons. The van der Waals surface area contributed by atoms with Gasteiger partial charge in [-0.3, -0.25) is 0 Å². The summed E-state index contributed by atoms with van der Waals surface area (Å²) < 4.78 is 9.91. The largest absolute Gasteiger partial charge is 0.378 e. The van der Waals surface area contributed by atoms with Crippen LogP contribution < -0.4 is 0 Å². The van der Waals surface area contributed by atoms with Crippen molar-refractivity contribution in [1.29, 1.82) is 0 Å². The molecule has 3 nitrogen and oxygen atoms in total. The van der Waals surface area contributed by atoms with Gasteiger partial charge in [0.1, 0.15) is 12.0 Å². The highest BCUT2D eigenvalue weighted by molar-refractivity contribution is 5.13. The topological polar surface area (TPSA) is 35.3 Å². The minimum absolute atomic E-state index is 0.554. The fourth-order valence-electron chi connectivity index (χ4n) is 1.30. The number of unbranched alkanes of at least 4 members (excludes halogenated alkanes) is 2. The summed E-state index contributed by atoms with van der Waals surface area (Å²) in [5.74, 6) is 0. The average molecular weight is 183 g/mol. The lowest BCUT2D eigenvalue weighted by Gasteiger charge is -1.98. The Hall–Kier alpha value is -0.830. The highest BCUT2D eigenvalue weighted by Crippen LogP contribution is 2.11. The molecule has 0 saturated heterocycles. The summed E-state index contributed by atoms with van der Waals surface area (Å²) in [6.07, 6.45) is 6.48. The van der Waals surface area contributed by atoms with E-state index in [1.165, 1.54) is 24.8 Å². The Morgan fingerprint density at radius 2 is 2.31 bits per heavy atom. The van der Waals surface area contributed by atoms with Crippen molar-refractivity contribution in [3.8, 4) is 0 Å². The zero-order valence-corrected chi connectivity index (χ0v) is 8.38. The number of hydrogen-bond donors (Lipinski definition) is 0. The molecule has 0 N–H and O–H groups in total. The second kappa shape index (κ2) is 5.75. The molecule has 1 aromatic rings. The molecule has 0 aliphatic carbocycles.